The molecule has 3 N–H and O–H groups in total. The average Bonchev–Trinajstić information content (AvgIpc) is 2.86. The van der Waals surface area contributed by atoms with Crippen LogP contribution in [0.25, 0.3) is 0 Å². The zero-order chi connectivity index (χ0) is 18.6. The first-order valence-electron chi connectivity index (χ1n) is 7.90. The molecule has 0 spiro atoms. The van der Waals surface area contributed by atoms with Crippen molar-refractivity contribution in [3.63, 3.8) is 0 Å². The number of nitrogens with zero attached hydrogens (tertiary/aromatic N) is 1. The van der Waals surface area contributed by atoms with E-state index in [1.54, 1.807) is 0 Å². The van der Waals surface area contributed by atoms with Crippen LogP contribution in [0.15, 0.2) is 24.3 Å². The van der Waals surface area contributed by atoms with Gasteiger partial charge in [-0.05, 0) is 25.8 Å². The fraction of sp³-hybridized carbons (Fsp3) is 0.412. The van der Waals surface area contributed by atoms with Gasteiger partial charge in [-0.2, -0.15) is 0 Å². The molecule has 1 aromatic heterocycles. The minimum absolute atomic E-state index is 0. The van der Waals surface area contributed by atoms with E-state index in [1.165, 1.54) is 22.5 Å². The number of sulfone groups is 1. The van der Waals surface area contributed by atoms with E-state index in [2.05, 4.69) is 34.6 Å². The molecular formula is C17H24ClN3O3S2. The zero-order valence-corrected chi connectivity index (χ0v) is 17.4. The normalized spacial score (nSPS) is 12.3. The Morgan fingerprint density at radius 3 is 2.46 bits per heavy atom. The van der Waals surface area contributed by atoms with Gasteiger partial charge in [-0.15, -0.1) is 23.7 Å². The van der Waals surface area contributed by atoms with Gasteiger partial charge in [-0.3, -0.25) is 4.79 Å². The maximum Gasteiger partial charge on any atom is 0.243 e. The van der Waals surface area contributed by atoms with Crippen LogP contribution < -0.4 is 11.1 Å². The van der Waals surface area contributed by atoms with Crippen LogP contribution in [0.1, 0.15) is 28.1 Å². The van der Waals surface area contributed by atoms with Gasteiger partial charge in [0.05, 0.1) is 17.5 Å². The molecule has 0 aliphatic carbocycles. The largest absolute Gasteiger partial charge is 0.320 e. The van der Waals surface area contributed by atoms with Gasteiger partial charge >= 0.3 is 0 Å². The predicted octanol–water partition coefficient (Wildman–Crippen LogP) is 2.47. The van der Waals surface area contributed by atoms with E-state index < -0.39 is 21.8 Å². The number of carbonyl (C=O) groups is 1. The number of halogens is 1. The average molecular weight is 418 g/mol. The van der Waals surface area contributed by atoms with Crippen molar-refractivity contribution in [2.45, 2.75) is 32.7 Å². The van der Waals surface area contributed by atoms with Crippen LogP contribution in [-0.2, 0) is 21.1 Å². The molecule has 9 heteroatoms. The number of amides is 1. The van der Waals surface area contributed by atoms with Crippen LogP contribution in [0.5, 0.6) is 0 Å². The molecule has 0 saturated heterocycles. The van der Waals surface area contributed by atoms with Crippen LogP contribution >= 0.6 is 23.7 Å². The Kier molecular flexibility index (Phi) is 8.20. The number of anilines is 1. The lowest BCUT2D eigenvalue weighted by atomic mass is 10.1. The number of benzene rings is 1. The Bertz CT molecular complexity index is 849. The second-order valence-electron chi connectivity index (χ2n) is 6.20. The van der Waals surface area contributed by atoms with Crippen molar-refractivity contribution in [1.82, 2.24) is 4.98 Å². The van der Waals surface area contributed by atoms with Crippen molar-refractivity contribution < 1.29 is 13.2 Å². The van der Waals surface area contributed by atoms with E-state index in [0.29, 0.717) is 5.13 Å². The first-order valence-corrected chi connectivity index (χ1v) is 10.8. The van der Waals surface area contributed by atoms with Crippen LogP contribution in [0.2, 0.25) is 0 Å². The molecule has 1 aromatic carbocycles. The number of hydrogen-bond donors (Lipinski definition) is 2. The van der Waals surface area contributed by atoms with E-state index in [1.807, 2.05) is 13.8 Å². The molecule has 6 nitrogen and oxygen atoms in total. The third-order valence-corrected chi connectivity index (χ3v) is 5.79. The molecule has 26 heavy (non-hydrogen) atoms. The lowest BCUT2D eigenvalue weighted by molar-refractivity contribution is -0.117. The van der Waals surface area contributed by atoms with Gasteiger partial charge in [0.15, 0.2) is 5.13 Å². The van der Waals surface area contributed by atoms with Crippen LogP contribution in [0, 0.1) is 13.8 Å². The monoisotopic (exact) mass is 417 g/mol. The third kappa shape index (κ3) is 7.03. The molecule has 1 amide bonds. The molecule has 0 aliphatic heterocycles. The number of nitrogens with two attached hydrogens (primary N) is 1. The summed E-state index contributed by atoms with van der Waals surface area (Å²) in [5.74, 6) is -0.531. The number of rotatable bonds is 7. The molecule has 144 valence electrons. The van der Waals surface area contributed by atoms with Gasteiger partial charge in [-0.1, -0.05) is 29.8 Å². The molecule has 0 bridgehead atoms. The van der Waals surface area contributed by atoms with Crippen molar-refractivity contribution in [2.75, 3.05) is 17.3 Å². The highest BCUT2D eigenvalue weighted by Crippen LogP contribution is 2.25. The van der Waals surface area contributed by atoms with Crippen molar-refractivity contribution >= 4 is 44.6 Å². The topological polar surface area (TPSA) is 102 Å². The second kappa shape index (κ2) is 9.45. The molecule has 2 rings (SSSR count). The molecule has 1 atom stereocenters. The Labute approximate surface area is 164 Å². The predicted molar refractivity (Wildman–Crippen MR) is 109 cm³/mol. The van der Waals surface area contributed by atoms with Crippen molar-refractivity contribution in [2.24, 2.45) is 5.73 Å². The summed E-state index contributed by atoms with van der Waals surface area (Å²) in [6.45, 7) is 3.95. The number of carbonyl (C=O) groups excluding carboxylic acids is 1. The molecular weight excluding hydrogens is 394 g/mol. The number of aryl methyl sites for hydroxylation is 2. The number of hydrogen-bond acceptors (Lipinski definition) is 6. The molecule has 0 radical (unpaired) electrons. The van der Waals surface area contributed by atoms with Crippen molar-refractivity contribution in [3.05, 3.63) is 46.0 Å². The summed E-state index contributed by atoms with van der Waals surface area (Å²) >= 11 is 1.41. The fourth-order valence-corrected chi connectivity index (χ4v) is 3.89. The summed E-state index contributed by atoms with van der Waals surface area (Å²) in [4.78, 5) is 17.5. The van der Waals surface area contributed by atoms with Crippen molar-refractivity contribution in [1.29, 1.82) is 0 Å². The van der Waals surface area contributed by atoms with Gasteiger partial charge < -0.3 is 11.1 Å². The zero-order valence-electron chi connectivity index (χ0n) is 15.0. The molecule has 0 aliphatic rings. The SMILES string of the molecule is Cc1ccc(Cc2sc(NC(=O)C(N)CCS(C)(=O)=O)nc2C)cc1.Cl. The summed E-state index contributed by atoms with van der Waals surface area (Å²) in [5, 5.41) is 3.17. The van der Waals surface area contributed by atoms with Crippen molar-refractivity contribution in [3.8, 4) is 0 Å². The van der Waals surface area contributed by atoms with Gasteiger partial charge in [0.2, 0.25) is 5.91 Å². The second-order valence-corrected chi connectivity index (χ2v) is 9.55. The maximum absolute atomic E-state index is 12.1. The first-order chi connectivity index (χ1) is 11.6. The van der Waals surface area contributed by atoms with E-state index in [9.17, 15) is 13.2 Å². The quantitative estimate of drug-likeness (QED) is 0.720. The minimum Gasteiger partial charge on any atom is -0.320 e. The summed E-state index contributed by atoms with van der Waals surface area (Å²) in [6, 6.07) is 7.41. The van der Waals surface area contributed by atoms with Gasteiger partial charge in [0.1, 0.15) is 9.84 Å². The number of aromatic nitrogens is 1. The van der Waals surface area contributed by atoms with Crippen LogP contribution in [-0.4, -0.2) is 37.4 Å². The van der Waals surface area contributed by atoms with E-state index in [0.717, 1.165) is 23.2 Å². The molecule has 1 unspecified atom stereocenters. The third-order valence-electron chi connectivity index (χ3n) is 3.74. The Hall–Kier alpha value is -1.48. The van der Waals surface area contributed by atoms with Crippen LogP contribution in [0.4, 0.5) is 5.13 Å². The summed E-state index contributed by atoms with van der Waals surface area (Å²) in [5.41, 5.74) is 9.01. The highest BCUT2D eigenvalue weighted by Gasteiger charge is 2.18. The van der Waals surface area contributed by atoms with E-state index in [-0.39, 0.29) is 24.6 Å². The number of nitrogens with one attached hydrogen (secondary N) is 1. The van der Waals surface area contributed by atoms with E-state index >= 15 is 0 Å². The summed E-state index contributed by atoms with van der Waals surface area (Å²) < 4.78 is 22.3. The highest BCUT2D eigenvalue weighted by atomic mass is 35.5. The molecule has 2 aromatic rings. The van der Waals surface area contributed by atoms with Crippen LogP contribution in [0.3, 0.4) is 0 Å². The van der Waals surface area contributed by atoms with Gasteiger partial charge in [0.25, 0.3) is 0 Å². The Morgan fingerprint density at radius 2 is 1.88 bits per heavy atom. The van der Waals surface area contributed by atoms with Gasteiger partial charge in [0, 0.05) is 17.6 Å². The smallest absolute Gasteiger partial charge is 0.243 e. The first kappa shape index (κ1) is 22.6. The lowest BCUT2D eigenvalue weighted by Gasteiger charge is -2.09. The standard InChI is InChI=1S/C17H23N3O3S2.ClH/c1-11-4-6-13(7-5-11)10-15-12(2)19-17(24-15)20-16(21)14(18)8-9-25(3,22)23;/h4-7,14H,8-10,18H2,1-3H3,(H,19,20,21);1H. The highest BCUT2D eigenvalue weighted by molar-refractivity contribution is 7.90. The number of thiazole rings is 1. The molecule has 0 saturated carbocycles. The summed E-state index contributed by atoms with van der Waals surface area (Å²) in [7, 11) is -3.14. The molecule has 1 heterocycles. The minimum atomic E-state index is -3.14. The Morgan fingerprint density at radius 1 is 1.27 bits per heavy atom. The summed E-state index contributed by atoms with van der Waals surface area (Å²) in [6.07, 6.45) is 1.96. The fourth-order valence-electron chi connectivity index (χ4n) is 2.21. The maximum atomic E-state index is 12.1. The lowest BCUT2D eigenvalue weighted by Crippen LogP contribution is -2.37. The van der Waals surface area contributed by atoms with Gasteiger partial charge in [-0.25, -0.2) is 13.4 Å². The molecule has 0 fully saturated rings. The van der Waals surface area contributed by atoms with E-state index in [4.69, 9.17) is 5.73 Å². The Balaban J connectivity index is 0.00000338.